The van der Waals surface area contributed by atoms with Crippen molar-refractivity contribution < 1.29 is 47.2 Å². The third-order valence-electron chi connectivity index (χ3n) is 8.96. The van der Waals surface area contributed by atoms with Crippen LogP contribution in [-0.2, 0) is 41.3 Å². The molecule has 20 heteroatoms. The number of aryl methyl sites for hydroxylation is 1. The lowest BCUT2D eigenvalue weighted by Gasteiger charge is -2.51. The van der Waals surface area contributed by atoms with Crippen LogP contribution >= 0.6 is 11.3 Å². The average molecular weight is 722 g/mol. The minimum absolute atomic E-state index is 0.0548. The van der Waals surface area contributed by atoms with Crippen molar-refractivity contribution in [3.05, 3.63) is 40.4 Å². The summed E-state index contributed by atoms with van der Waals surface area (Å²) in [5.74, 6) is -2.27. The Hall–Kier alpha value is -4.21. The number of nitrogens with two attached hydrogens (primary N) is 3. The van der Waals surface area contributed by atoms with Crippen LogP contribution in [-0.4, -0.2) is 100 Å². The lowest BCUT2D eigenvalue weighted by Crippen LogP contribution is -2.76. The normalized spacial score (nSPS) is 26.7. The van der Waals surface area contributed by atoms with Crippen molar-refractivity contribution in [2.45, 2.75) is 75.3 Å². The number of hydrogen-bond acceptors (Lipinski definition) is 15. The van der Waals surface area contributed by atoms with Gasteiger partial charge in [-0.05, 0) is 76.1 Å². The number of rotatable bonds is 13. The van der Waals surface area contributed by atoms with E-state index in [-0.39, 0.29) is 29.8 Å². The first kappa shape index (κ1) is 36.1. The molecule has 1 unspecified atom stereocenters. The van der Waals surface area contributed by atoms with Crippen LogP contribution in [0.25, 0.3) is 0 Å². The van der Waals surface area contributed by atoms with E-state index in [2.05, 4.69) is 24.7 Å². The number of carboxylic acids is 1. The van der Waals surface area contributed by atoms with Gasteiger partial charge in [0.2, 0.25) is 0 Å². The number of aliphatic carboxylic acids is 1. The predicted molar refractivity (Wildman–Crippen MR) is 175 cm³/mol. The Morgan fingerprint density at radius 2 is 2.06 bits per heavy atom. The molecular formula is C29H37N8O10S2-. The quantitative estimate of drug-likeness (QED) is 0.0491. The summed E-state index contributed by atoms with van der Waals surface area (Å²) in [7, 11) is 0. The van der Waals surface area contributed by atoms with Gasteiger partial charge in [0.25, 0.3) is 17.4 Å². The number of nitrogens with one attached hydrogen (secondary N) is 1. The van der Waals surface area contributed by atoms with Gasteiger partial charge in [-0.25, -0.2) is 14.0 Å². The van der Waals surface area contributed by atoms with Gasteiger partial charge in [-0.3, -0.25) is 14.6 Å². The number of aliphatic hydroxyl groups is 1. The number of nitrogens with zero attached hydrogens (tertiary/aromatic N) is 4. The lowest BCUT2D eigenvalue weighted by molar-refractivity contribution is -0.216. The van der Waals surface area contributed by atoms with Gasteiger partial charge >= 0.3 is 5.97 Å². The third-order valence-corrected chi connectivity index (χ3v) is 9.90. The second-order valence-corrected chi connectivity index (χ2v) is 14.4. The summed E-state index contributed by atoms with van der Waals surface area (Å²) < 4.78 is 32.6. The van der Waals surface area contributed by atoms with Crippen molar-refractivity contribution in [3.8, 4) is 5.75 Å². The zero-order valence-corrected chi connectivity index (χ0v) is 28.4. The summed E-state index contributed by atoms with van der Waals surface area (Å²) in [6.07, 6.45) is 0.861. The Labute approximate surface area is 287 Å². The number of carboxylic acid groups (broad SMARTS) is 1. The number of carbonyl (C=O) groups excluding carboxylic acids is 2. The highest BCUT2D eigenvalue weighted by molar-refractivity contribution is 7.74. The Bertz CT molecular complexity index is 1730. The standard InChI is InChI=1S/C29H38N8O10S2/c1-27(2)21(24(40)37(27)47-49(43)44)35-23(39)20(17-12-48-26(31)34-17)36-46-28(3,25(41)42)19-7-5-15-8-16(4-6-18(15)45-19)22(30)33-11-14-9-29(32,10-14)13-38/h4,6,8,12,14,19,21,38H,5,7,9-11,13,32H2,1-3H3,(H2,30,33)(H2,31,34)(H,35,39)(H,41,42)(H,43,44)/p-1/b36-20-/t14?,19-,21-,28+,29?/m1/s1. The predicted octanol–water partition coefficient (Wildman–Crippen LogP) is -0.680. The Balaban J connectivity index is 1.31. The number of oxime groups is 1. The number of hydrogen-bond donors (Lipinski definition) is 6. The van der Waals surface area contributed by atoms with E-state index in [4.69, 9.17) is 26.8 Å². The van der Waals surface area contributed by atoms with Crippen LogP contribution in [0.1, 0.15) is 56.9 Å². The zero-order valence-electron chi connectivity index (χ0n) is 26.8. The largest absolute Gasteiger partial charge is 0.748 e. The number of aromatic nitrogens is 1. The van der Waals surface area contributed by atoms with Crippen LogP contribution in [0, 0.1) is 5.92 Å². The van der Waals surface area contributed by atoms with Gasteiger partial charge in [0.1, 0.15) is 34.7 Å². The van der Waals surface area contributed by atoms with E-state index in [1.165, 1.54) is 26.2 Å². The number of thiazole rings is 1. The van der Waals surface area contributed by atoms with E-state index in [9.17, 15) is 33.4 Å². The molecule has 1 aromatic carbocycles. The van der Waals surface area contributed by atoms with Crippen molar-refractivity contribution >= 4 is 57.2 Å². The second-order valence-electron chi connectivity index (χ2n) is 13.0. The molecule has 0 radical (unpaired) electrons. The van der Waals surface area contributed by atoms with Crippen LogP contribution in [0.15, 0.2) is 33.7 Å². The number of carbonyl (C=O) groups is 3. The number of benzene rings is 1. The fourth-order valence-electron chi connectivity index (χ4n) is 5.97. The topological polar surface area (TPSA) is 290 Å². The van der Waals surface area contributed by atoms with E-state index >= 15 is 0 Å². The van der Waals surface area contributed by atoms with Gasteiger partial charge in [0.05, 0.1) is 12.1 Å². The summed E-state index contributed by atoms with van der Waals surface area (Å²) in [6, 6.07) is 3.96. The number of fused-ring (bicyclic) bond motifs is 1. The van der Waals surface area contributed by atoms with Gasteiger partial charge in [-0.2, -0.15) is 9.35 Å². The van der Waals surface area contributed by atoms with Crippen LogP contribution in [0.4, 0.5) is 5.13 Å². The molecule has 1 aromatic heterocycles. The van der Waals surface area contributed by atoms with E-state index < -0.39 is 63.7 Å². The summed E-state index contributed by atoms with van der Waals surface area (Å²) in [4.78, 5) is 52.8. The maximum atomic E-state index is 13.4. The molecule has 18 nitrogen and oxygen atoms in total. The fraction of sp³-hybridized carbons (Fsp3) is 0.517. The third kappa shape index (κ3) is 7.24. The second kappa shape index (κ2) is 13.6. The highest BCUT2D eigenvalue weighted by Gasteiger charge is 2.57. The first-order chi connectivity index (χ1) is 23.0. The number of anilines is 1. The molecule has 1 saturated heterocycles. The minimum Gasteiger partial charge on any atom is -0.748 e. The molecule has 3 aliphatic rings. The number of ether oxygens (including phenoxy) is 1. The van der Waals surface area contributed by atoms with Crippen LogP contribution in [0.2, 0.25) is 0 Å². The summed E-state index contributed by atoms with van der Waals surface area (Å²) in [5.41, 5.74) is 15.0. The number of amidine groups is 1. The maximum absolute atomic E-state index is 13.4. The molecule has 9 N–H and O–H groups in total. The summed E-state index contributed by atoms with van der Waals surface area (Å²) >= 11 is -2.05. The Morgan fingerprint density at radius 1 is 1.35 bits per heavy atom. The van der Waals surface area contributed by atoms with Gasteiger partial charge < -0.3 is 46.9 Å². The number of aliphatic hydroxyl groups excluding tert-OH is 1. The van der Waals surface area contributed by atoms with E-state index in [1.807, 2.05) is 6.07 Å². The average Bonchev–Trinajstić information content (AvgIpc) is 3.48. The van der Waals surface area contributed by atoms with E-state index in [0.29, 0.717) is 48.0 Å². The van der Waals surface area contributed by atoms with Gasteiger partial charge in [0, 0.05) is 23.0 Å². The molecule has 1 saturated carbocycles. The molecule has 2 aliphatic heterocycles. The molecule has 0 spiro atoms. The highest BCUT2D eigenvalue weighted by Crippen LogP contribution is 2.37. The van der Waals surface area contributed by atoms with Crippen molar-refractivity contribution in [2.24, 2.45) is 27.5 Å². The minimum atomic E-state index is -3.03. The molecule has 4 atom stereocenters. The zero-order chi connectivity index (χ0) is 35.9. The molecule has 49 heavy (non-hydrogen) atoms. The number of amides is 2. The van der Waals surface area contributed by atoms with Gasteiger partial charge in [-0.15, -0.1) is 11.3 Å². The Morgan fingerprint density at radius 3 is 2.65 bits per heavy atom. The van der Waals surface area contributed by atoms with Crippen molar-refractivity contribution in [1.29, 1.82) is 0 Å². The number of hydroxylamine groups is 2. The van der Waals surface area contributed by atoms with Crippen LogP contribution in [0.5, 0.6) is 5.75 Å². The van der Waals surface area contributed by atoms with Crippen LogP contribution < -0.4 is 27.3 Å². The number of β-lactam (4-membered cyclic amide) rings is 1. The number of nitrogen functional groups attached to an aromatic ring is 1. The Kier molecular flexibility index (Phi) is 10.0. The first-order valence-corrected chi connectivity index (χ1v) is 17.0. The number of aliphatic imine (C=N–C) groups is 1. The fourth-order valence-corrected chi connectivity index (χ4v) is 6.90. The van der Waals surface area contributed by atoms with Crippen molar-refractivity contribution in [3.63, 3.8) is 0 Å². The van der Waals surface area contributed by atoms with Gasteiger partial charge in [0.15, 0.2) is 16.9 Å². The van der Waals surface area contributed by atoms with Crippen molar-refractivity contribution in [1.82, 2.24) is 15.4 Å². The smallest absolute Gasteiger partial charge is 0.354 e. The van der Waals surface area contributed by atoms with E-state index in [0.717, 1.165) is 16.9 Å². The van der Waals surface area contributed by atoms with E-state index in [1.54, 1.807) is 12.1 Å². The first-order valence-electron chi connectivity index (χ1n) is 15.1. The van der Waals surface area contributed by atoms with Crippen molar-refractivity contribution in [2.75, 3.05) is 18.9 Å². The molecule has 2 fully saturated rings. The SMILES string of the molecule is CC1(C)[C@H](NC(=O)/C(=N\O[C@](C)(C(=O)O)[C@H]2CCc3cc(C(N)=NCC4CC(N)(CO)C4)ccc3O2)c2csc(N)n2)C(=O)N1OS(=O)[O-]. The molecule has 3 heterocycles. The molecule has 266 valence electrons. The molecule has 2 aromatic rings. The van der Waals surface area contributed by atoms with Crippen LogP contribution in [0.3, 0.4) is 0 Å². The lowest BCUT2D eigenvalue weighted by atomic mass is 9.69. The summed E-state index contributed by atoms with van der Waals surface area (Å²) in [6.45, 7) is 4.58. The summed E-state index contributed by atoms with van der Waals surface area (Å²) in [5, 5.41) is 28.0. The highest BCUT2D eigenvalue weighted by atomic mass is 32.2. The molecule has 0 bridgehead atoms. The molecule has 5 rings (SSSR count). The monoisotopic (exact) mass is 721 g/mol. The van der Waals surface area contributed by atoms with Gasteiger partial charge in [-0.1, -0.05) is 5.16 Å². The molecular weight excluding hydrogens is 684 g/mol. The molecule has 1 aliphatic carbocycles. The molecule has 2 amide bonds. The maximum Gasteiger partial charge on any atom is 0.354 e.